The molecule has 0 bridgehead atoms. The zero-order valence-electron chi connectivity index (χ0n) is 9.98. The van der Waals surface area contributed by atoms with Gasteiger partial charge in [-0.3, -0.25) is 9.59 Å². The first kappa shape index (κ1) is 13.2. The highest BCUT2D eigenvalue weighted by atomic mass is 31.1. The monoisotopic (exact) mass is 326 g/mol. The van der Waals surface area contributed by atoms with Crippen molar-refractivity contribution >= 4 is 43.0 Å². The Kier molecular flexibility index (Phi) is 3.75. The van der Waals surface area contributed by atoms with Gasteiger partial charge in [-0.15, -0.1) is 4.26 Å². The molecule has 2 unspecified atom stereocenters. The molecule has 2 heterocycles. The topological polar surface area (TPSA) is 80.2 Å². The Hall–Kier alpha value is -1.80. The summed E-state index contributed by atoms with van der Waals surface area (Å²) in [5.74, 6) is -0.0320. The standard InChI is InChI=1S/C10H9N4O3P3/c15-9-5-6-10(16)13(9)7-1-3-8(4-2-7)17-14-19-11-18-12-20-14/h1-6,11,18-19H. The van der Waals surface area contributed by atoms with Crippen molar-refractivity contribution in [3.8, 4) is 5.75 Å². The van der Waals surface area contributed by atoms with Crippen molar-refractivity contribution in [2.45, 2.75) is 0 Å². The Labute approximate surface area is 118 Å². The Morgan fingerprint density at radius 2 is 1.85 bits per heavy atom. The number of carbonyl (C=O) groups is 2. The molecule has 1 aliphatic heterocycles. The van der Waals surface area contributed by atoms with E-state index in [1.165, 1.54) is 12.2 Å². The van der Waals surface area contributed by atoms with Crippen LogP contribution in [0.2, 0.25) is 0 Å². The molecule has 3 rings (SSSR count). The van der Waals surface area contributed by atoms with Crippen molar-refractivity contribution in [3.63, 3.8) is 0 Å². The minimum absolute atomic E-state index is 0.330. The van der Waals surface area contributed by atoms with Crippen LogP contribution >= 0.6 is 25.5 Å². The molecule has 0 saturated carbocycles. The number of nitrogens with zero attached hydrogens (tertiary/aromatic N) is 3. The van der Waals surface area contributed by atoms with Gasteiger partial charge in [0.25, 0.3) is 11.8 Å². The number of imide groups is 1. The lowest BCUT2D eigenvalue weighted by atomic mass is 10.3. The normalized spacial score (nSPS) is 15.1. The van der Waals surface area contributed by atoms with Gasteiger partial charge in [-0.25, -0.2) is 4.90 Å². The maximum Gasteiger partial charge on any atom is 0.258 e. The molecule has 10 heteroatoms. The second-order valence-corrected chi connectivity index (χ2v) is 7.31. The predicted molar refractivity (Wildman–Crippen MR) is 79.8 cm³/mol. The molecular formula is C10H9N4O3P3. The number of hydrogen-bond acceptors (Lipinski definition) is 4. The molecule has 0 spiro atoms. The van der Waals surface area contributed by atoms with E-state index in [1.54, 1.807) is 28.5 Å². The number of aromatic amines is 1. The molecule has 0 radical (unpaired) electrons. The lowest BCUT2D eigenvalue weighted by Crippen LogP contribution is -2.29. The third-order valence-electron chi connectivity index (χ3n) is 2.48. The van der Waals surface area contributed by atoms with E-state index in [0.29, 0.717) is 28.5 Å². The van der Waals surface area contributed by atoms with Crippen LogP contribution in [0, 0.1) is 0 Å². The summed E-state index contributed by atoms with van der Waals surface area (Å²) in [5, 5.41) is 0. The number of amides is 2. The number of nitrogens with one attached hydrogen (secondary N) is 1. The van der Waals surface area contributed by atoms with E-state index in [2.05, 4.69) is 9.02 Å². The summed E-state index contributed by atoms with van der Waals surface area (Å²) in [4.78, 5) is 29.8. The van der Waals surface area contributed by atoms with Gasteiger partial charge < -0.3 is 9.35 Å². The number of anilines is 1. The van der Waals surface area contributed by atoms with Crippen molar-refractivity contribution in [1.29, 1.82) is 0 Å². The molecule has 0 aliphatic carbocycles. The van der Waals surface area contributed by atoms with Gasteiger partial charge in [-0.1, -0.05) is 0 Å². The molecule has 2 amide bonds. The number of H-pyrrole nitrogens is 1. The van der Waals surface area contributed by atoms with Crippen LogP contribution in [0.4, 0.5) is 5.69 Å². The van der Waals surface area contributed by atoms with E-state index >= 15 is 0 Å². The fraction of sp³-hybridized carbons (Fsp3) is 0. The maximum atomic E-state index is 11.5. The predicted octanol–water partition coefficient (Wildman–Crippen LogP) is 2.25. The summed E-state index contributed by atoms with van der Waals surface area (Å²) >= 11 is 0. The van der Waals surface area contributed by atoms with Crippen LogP contribution in [-0.4, -0.2) is 25.1 Å². The molecule has 0 fully saturated rings. The molecule has 1 N–H and O–H groups in total. The van der Waals surface area contributed by atoms with Crippen molar-refractivity contribution in [1.82, 2.24) is 13.3 Å². The van der Waals surface area contributed by atoms with Crippen molar-refractivity contribution in [2.75, 3.05) is 4.90 Å². The summed E-state index contributed by atoms with van der Waals surface area (Å²) in [6.07, 6.45) is 2.52. The highest BCUT2D eigenvalue weighted by Crippen LogP contribution is 2.23. The number of rotatable bonds is 3. The first-order chi connectivity index (χ1) is 9.74. The summed E-state index contributed by atoms with van der Waals surface area (Å²) in [6, 6.07) is 6.78. The van der Waals surface area contributed by atoms with Gasteiger partial charge in [0, 0.05) is 20.7 Å². The lowest BCUT2D eigenvalue weighted by molar-refractivity contribution is -0.119. The van der Waals surface area contributed by atoms with Crippen LogP contribution in [0.15, 0.2) is 36.4 Å². The first-order valence-corrected chi connectivity index (χ1v) is 8.24. The number of aromatic nitrogens is 3. The maximum absolute atomic E-state index is 11.5. The molecule has 0 saturated heterocycles. The summed E-state index contributed by atoms with van der Waals surface area (Å²) < 4.78 is 8.93. The minimum Gasteiger partial charge on any atom is -0.366 e. The lowest BCUT2D eigenvalue weighted by Gasteiger charge is -2.14. The van der Waals surface area contributed by atoms with Gasteiger partial charge in [0.05, 0.1) is 14.2 Å². The number of carbonyl (C=O) groups excluding carboxylic acids is 2. The smallest absolute Gasteiger partial charge is 0.258 e. The summed E-state index contributed by atoms with van der Waals surface area (Å²) in [5.41, 5.74) is 0.528. The van der Waals surface area contributed by atoms with Crippen molar-refractivity contribution in [2.24, 2.45) is 0 Å². The number of hydrogen-bond donors (Lipinski definition) is 1. The SMILES string of the molecule is O=C1C=CC(=O)N1c1ccc(On2pn[pH][nH][pH]2)cc1. The zero-order valence-corrected chi connectivity index (χ0v) is 12.9. The Bertz CT molecular complexity index is 675. The third kappa shape index (κ3) is 2.70. The van der Waals surface area contributed by atoms with Crippen LogP contribution < -0.4 is 9.74 Å². The largest absolute Gasteiger partial charge is 0.366 e. The second-order valence-electron chi connectivity index (χ2n) is 3.74. The van der Waals surface area contributed by atoms with Crippen molar-refractivity contribution in [3.05, 3.63) is 36.4 Å². The second kappa shape index (κ2) is 5.68. The van der Waals surface area contributed by atoms with Gasteiger partial charge >= 0.3 is 0 Å². The first-order valence-electron chi connectivity index (χ1n) is 5.55. The minimum atomic E-state index is -0.330. The zero-order chi connectivity index (χ0) is 13.9. The summed E-state index contributed by atoms with van der Waals surface area (Å²) in [7, 11) is 1.53. The fourth-order valence-corrected chi connectivity index (χ4v) is 4.68. The molecule has 2 aromatic rings. The highest BCUT2D eigenvalue weighted by Gasteiger charge is 2.24. The molecule has 20 heavy (non-hydrogen) atoms. The Morgan fingerprint density at radius 1 is 1.15 bits per heavy atom. The van der Waals surface area contributed by atoms with E-state index in [0.717, 1.165) is 13.4 Å². The van der Waals surface area contributed by atoms with Gasteiger partial charge in [0.1, 0.15) is 0 Å². The molecule has 102 valence electrons. The molecule has 1 aromatic carbocycles. The van der Waals surface area contributed by atoms with Crippen molar-refractivity contribution < 1.29 is 14.4 Å². The van der Waals surface area contributed by atoms with Crippen LogP contribution in [0.5, 0.6) is 5.75 Å². The molecule has 1 aliphatic rings. The van der Waals surface area contributed by atoms with E-state index in [9.17, 15) is 9.59 Å². The van der Waals surface area contributed by atoms with E-state index in [-0.39, 0.29) is 11.8 Å². The fourth-order valence-electron chi connectivity index (χ4n) is 1.63. The van der Waals surface area contributed by atoms with E-state index in [4.69, 9.17) is 4.84 Å². The van der Waals surface area contributed by atoms with Crippen LogP contribution in [0.25, 0.3) is 0 Å². The summed E-state index contributed by atoms with van der Waals surface area (Å²) in [6.45, 7) is 0. The van der Waals surface area contributed by atoms with Crippen LogP contribution in [0.3, 0.4) is 0 Å². The molecule has 1 aromatic heterocycles. The molecular weight excluding hydrogens is 317 g/mol. The average molecular weight is 326 g/mol. The van der Waals surface area contributed by atoms with Gasteiger partial charge in [-0.2, -0.15) is 4.51 Å². The van der Waals surface area contributed by atoms with E-state index in [1.807, 2.05) is 0 Å². The Morgan fingerprint density at radius 3 is 2.45 bits per heavy atom. The van der Waals surface area contributed by atoms with Gasteiger partial charge in [-0.05, 0) is 24.3 Å². The van der Waals surface area contributed by atoms with E-state index < -0.39 is 0 Å². The molecule has 7 nitrogen and oxygen atoms in total. The van der Waals surface area contributed by atoms with Gasteiger partial charge in [0.15, 0.2) is 14.3 Å². The average Bonchev–Trinajstić information content (AvgIpc) is 2.81. The van der Waals surface area contributed by atoms with Crippen LogP contribution in [-0.2, 0) is 9.59 Å². The van der Waals surface area contributed by atoms with Gasteiger partial charge in [0.2, 0.25) is 0 Å². The van der Waals surface area contributed by atoms with Crippen LogP contribution in [0.1, 0.15) is 0 Å². The highest BCUT2D eigenvalue weighted by molar-refractivity contribution is 7.44. The third-order valence-corrected chi connectivity index (χ3v) is 5.23. The Balaban J connectivity index is 1.78. The molecule has 2 atom stereocenters. The number of benzene rings is 1. The quantitative estimate of drug-likeness (QED) is 0.877.